The van der Waals surface area contributed by atoms with Gasteiger partial charge in [-0.25, -0.2) is 12.8 Å². The van der Waals surface area contributed by atoms with Gasteiger partial charge in [-0.1, -0.05) is 0 Å². The van der Waals surface area contributed by atoms with Gasteiger partial charge in [0.2, 0.25) is 10.0 Å². The highest BCUT2D eigenvalue weighted by Gasteiger charge is 2.28. The number of ether oxygens (including phenoxy) is 1. The first-order chi connectivity index (χ1) is 9.75. The largest absolute Gasteiger partial charge is 0.383 e. The topological polar surface area (TPSA) is 72.6 Å². The summed E-state index contributed by atoms with van der Waals surface area (Å²) in [5.74, 6) is -0.454. The van der Waals surface area contributed by atoms with Crippen molar-refractivity contribution in [1.29, 1.82) is 0 Å². The summed E-state index contributed by atoms with van der Waals surface area (Å²) in [4.78, 5) is 0.0617. The Kier molecular flexibility index (Phi) is 6.27. The minimum absolute atomic E-state index is 0.0459. The second-order valence-electron chi connectivity index (χ2n) is 5.12. The molecule has 0 spiro atoms. The van der Waals surface area contributed by atoms with Crippen LogP contribution in [-0.2, 0) is 21.3 Å². The Morgan fingerprint density at radius 3 is 2.48 bits per heavy atom. The molecule has 0 saturated carbocycles. The quantitative estimate of drug-likeness (QED) is 0.829. The van der Waals surface area contributed by atoms with E-state index in [9.17, 15) is 12.8 Å². The summed E-state index contributed by atoms with van der Waals surface area (Å²) in [6.07, 6.45) is 0. The third-order valence-electron chi connectivity index (χ3n) is 3.22. The molecule has 0 saturated heterocycles. The van der Waals surface area contributed by atoms with Crippen molar-refractivity contribution in [2.45, 2.75) is 38.3 Å². The summed E-state index contributed by atoms with van der Waals surface area (Å²) in [5, 5.41) is 0. The third-order valence-corrected chi connectivity index (χ3v) is 5.27. The van der Waals surface area contributed by atoms with Gasteiger partial charge in [0.1, 0.15) is 5.82 Å². The normalized spacial score (nSPS) is 12.4. The molecule has 21 heavy (non-hydrogen) atoms. The molecule has 0 unspecified atom stereocenters. The first-order valence-corrected chi connectivity index (χ1v) is 8.19. The van der Waals surface area contributed by atoms with E-state index < -0.39 is 15.8 Å². The Hall–Kier alpha value is -1.02. The van der Waals surface area contributed by atoms with Crippen LogP contribution in [0, 0.1) is 12.7 Å². The number of nitrogens with two attached hydrogens (primary N) is 1. The number of hydrogen-bond acceptors (Lipinski definition) is 4. The van der Waals surface area contributed by atoms with Crippen molar-refractivity contribution in [2.75, 3.05) is 20.3 Å². The summed E-state index contributed by atoms with van der Waals surface area (Å²) in [6.45, 7) is 5.59. The lowest BCUT2D eigenvalue weighted by Gasteiger charge is -2.26. The zero-order valence-corrected chi connectivity index (χ0v) is 13.7. The van der Waals surface area contributed by atoms with Gasteiger partial charge in [0.15, 0.2) is 0 Å². The molecule has 0 heterocycles. The Labute approximate surface area is 125 Å². The summed E-state index contributed by atoms with van der Waals surface area (Å²) >= 11 is 0. The second-order valence-corrected chi connectivity index (χ2v) is 7.01. The molecule has 0 atom stereocenters. The van der Waals surface area contributed by atoms with Gasteiger partial charge >= 0.3 is 0 Å². The average Bonchev–Trinajstić information content (AvgIpc) is 2.41. The van der Waals surface area contributed by atoms with E-state index in [2.05, 4.69) is 0 Å². The monoisotopic (exact) mass is 318 g/mol. The fourth-order valence-electron chi connectivity index (χ4n) is 2.08. The highest BCUT2D eigenvalue weighted by Crippen LogP contribution is 2.23. The Morgan fingerprint density at radius 2 is 2.00 bits per heavy atom. The van der Waals surface area contributed by atoms with Gasteiger partial charge in [0.25, 0.3) is 0 Å². The van der Waals surface area contributed by atoms with Crippen molar-refractivity contribution < 1.29 is 17.5 Å². The summed E-state index contributed by atoms with van der Waals surface area (Å²) in [7, 11) is -2.20. The molecule has 1 aromatic rings. The zero-order valence-electron chi connectivity index (χ0n) is 12.9. The molecule has 0 aliphatic carbocycles. The zero-order chi connectivity index (χ0) is 16.2. The van der Waals surface area contributed by atoms with Crippen molar-refractivity contribution in [3.8, 4) is 0 Å². The molecule has 1 aromatic carbocycles. The summed E-state index contributed by atoms with van der Waals surface area (Å²) in [5.41, 5.74) is 5.95. The molecule has 120 valence electrons. The van der Waals surface area contributed by atoms with Crippen LogP contribution in [0.5, 0.6) is 0 Å². The van der Waals surface area contributed by atoms with E-state index >= 15 is 0 Å². The van der Waals surface area contributed by atoms with Crippen LogP contribution in [-0.4, -0.2) is 39.0 Å². The van der Waals surface area contributed by atoms with Gasteiger partial charge in [0.05, 0.1) is 11.5 Å². The van der Waals surface area contributed by atoms with Crippen molar-refractivity contribution in [3.63, 3.8) is 0 Å². The first-order valence-electron chi connectivity index (χ1n) is 6.75. The van der Waals surface area contributed by atoms with Gasteiger partial charge in [-0.2, -0.15) is 4.31 Å². The van der Waals surface area contributed by atoms with Crippen LogP contribution >= 0.6 is 0 Å². The maximum Gasteiger partial charge on any atom is 0.243 e. The Bertz CT molecular complexity index is 588. The fraction of sp³-hybridized carbons (Fsp3) is 0.571. The fourth-order valence-corrected chi connectivity index (χ4v) is 3.83. The Balaban J connectivity index is 3.31. The smallest absolute Gasteiger partial charge is 0.243 e. The SMILES string of the molecule is COCCN(C(C)C)S(=O)(=O)c1cc(C)c(F)c(CN)c1. The molecule has 0 amide bonds. The molecular formula is C14H23FN2O3S. The lowest BCUT2D eigenvalue weighted by atomic mass is 10.1. The van der Waals surface area contributed by atoms with E-state index in [0.717, 1.165) is 0 Å². The number of methoxy groups -OCH3 is 1. The molecule has 0 aromatic heterocycles. The van der Waals surface area contributed by atoms with Crippen molar-refractivity contribution in [3.05, 3.63) is 29.1 Å². The van der Waals surface area contributed by atoms with Gasteiger partial charge < -0.3 is 10.5 Å². The molecule has 7 heteroatoms. The Morgan fingerprint density at radius 1 is 1.38 bits per heavy atom. The van der Waals surface area contributed by atoms with Crippen molar-refractivity contribution in [1.82, 2.24) is 4.31 Å². The van der Waals surface area contributed by atoms with Crippen LogP contribution in [0.3, 0.4) is 0 Å². The molecule has 0 aliphatic rings. The lowest BCUT2D eigenvalue weighted by molar-refractivity contribution is 0.171. The van der Waals surface area contributed by atoms with Crippen LogP contribution in [0.25, 0.3) is 0 Å². The summed E-state index contributed by atoms with van der Waals surface area (Å²) < 4.78 is 45.6. The number of sulfonamides is 1. The van der Waals surface area contributed by atoms with Crippen molar-refractivity contribution >= 4 is 10.0 Å². The first kappa shape index (κ1) is 18.0. The number of halogens is 1. The van der Waals surface area contributed by atoms with E-state index in [1.165, 1.54) is 30.5 Å². The van der Waals surface area contributed by atoms with Gasteiger partial charge in [-0.05, 0) is 38.5 Å². The van der Waals surface area contributed by atoms with E-state index in [-0.39, 0.29) is 35.2 Å². The summed E-state index contributed by atoms with van der Waals surface area (Å²) in [6, 6.07) is 2.42. The molecule has 2 N–H and O–H groups in total. The number of aryl methyl sites for hydroxylation is 1. The van der Waals surface area contributed by atoms with E-state index in [0.29, 0.717) is 6.61 Å². The van der Waals surface area contributed by atoms with Gasteiger partial charge in [-0.15, -0.1) is 0 Å². The predicted octanol–water partition coefficient (Wildman–Crippen LogP) is 1.64. The predicted molar refractivity (Wildman–Crippen MR) is 79.9 cm³/mol. The van der Waals surface area contributed by atoms with Gasteiger partial charge in [-0.3, -0.25) is 0 Å². The molecular weight excluding hydrogens is 295 g/mol. The minimum atomic E-state index is -3.71. The van der Waals surface area contributed by atoms with Crippen LogP contribution in [0.2, 0.25) is 0 Å². The maximum atomic E-state index is 13.8. The second kappa shape index (κ2) is 7.31. The highest BCUT2D eigenvalue weighted by atomic mass is 32.2. The third kappa shape index (κ3) is 4.00. The molecule has 0 bridgehead atoms. The molecule has 0 radical (unpaired) electrons. The molecule has 1 rings (SSSR count). The van der Waals surface area contributed by atoms with E-state index in [4.69, 9.17) is 10.5 Å². The van der Waals surface area contributed by atoms with Crippen LogP contribution in [0.4, 0.5) is 4.39 Å². The molecule has 0 aliphatic heterocycles. The van der Waals surface area contributed by atoms with E-state index in [1.54, 1.807) is 13.8 Å². The lowest BCUT2D eigenvalue weighted by Crippen LogP contribution is -2.39. The van der Waals surface area contributed by atoms with Crippen LogP contribution < -0.4 is 5.73 Å². The van der Waals surface area contributed by atoms with Crippen LogP contribution in [0.1, 0.15) is 25.0 Å². The van der Waals surface area contributed by atoms with Crippen LogP contribution in [0.15, 0.2) is 17.0 Å². The highest BCUT2D eigenvalue weighted by molar-refractivity contribution is 7.89. The average molecular weight is 318 g/mol. The van der Waals surface area contributed by atoms with Crippen molar-refractivity contribution in [2.24, 2.45) is 5.73 Å². The number of nitrogens with zero attached hydrogens (tertiary/aromatic N) is 1. The number of rotatable bonds is 7. The molecule has 0 fully saturated rings. The maximum absolute atomic E-state index is 13.8. The number of hydrogen-bond donors (Lipinski definition) is 1. The number of benzene rings is 1. The van der Waals surface area contributed by atoms with Gasteiger partial charge in [0, 0.05) is 31.8 Å². The standard InChI is InChI=1S/C14H23FN2O3S/c1-10(2)17(5-6-20-4)21(18,19)13-7-11(3)14(15)12(8-13)9-16/h7-8,10H,5-6,9,16H2,1-4H3. The minimum Gasteiger partial charge on any atom is -0.383 e. The molecule has 5 nitrogen and oxygen atoms in total. The van der Waals surface area contributed by atoms with E-state index in [1.807, 2.05) is 0 Å².